The second-order valence-electron chi connectivity index (χ2n) is 7.62. The van der Waals surface area contributed by atoms with Gasteiger partial charge in [-0.2, -0.15) is 0 Å². The molecule has 5 rings (SSSR count). The molecule has 1 amide bonds. The summed E-state index contributed by atoms with van der Waals surface area (Å²) < 4.78 is 1.87. The van der Waals surface area contributed by atoms with Crippen molar-refractivity contribution in [2.24, 2.45) is 0 Å². The number of pyridine rings is 1. The molecular formula is C23H20N6O3. The van der Waals surface area contributed by atoms with Gasteiger partial charge < -0.3 is 10.2 Å². The summed E-state index contributed by atoms with van der Waals surface area (Å²) in [7, 11) is 0. The van der Waals surface area contributed by atoms with E-state index in [4.69, 9.17) is 0 Å². The van der Waals surface area contributed by atoms with E-state index in [9.17, 15) is 14.9 Å². The van der Waals surface area contributed by atoms with E-state index < -0.39 is 10.8 Å². The van der Waals surface area contributed by atoms with Gasteiger partial charge in [-0.15, -0.1) is 0 Å². The highest BCUT2D eigenvalue weighted by Crippen LogP contribution is 2.29. The number of nitro benzene ring substituents is 1. The zero-order valence-electron chi connectivity index (χ0n) is 17.1. The number of para-hydroxylation sites is 2. The van der Waals surface area contributed by atoms with E-state index in [0.717, 1.165) is 37.0 Å². The number of nitrogens with zero attached hydrogens (tertiary/aromatic N) is 5. The number of benzene rings is 2. The summed E-state index contributed by atoms with van der Waals surface area (Å²) in [6.45, 7) is 1.65. The molecule has 4 aromatic rings. The van der Waals surface area contributed by atoms with Gasteiger partial charge in [-0.25, -0.2) is 9.97 Å². The highest BCUT2D eigenvalue weighted by Gasteiger charge is 2.22. The van der Waals surface area contributed by atoms with Gasteiger partial charge in [0.1, 0.15) is 12.1 Å². The average Bonchev–Trinajstić information content (AvgIpc) is 3.49. The Kier molecular flexibility index (Phi) is 4.98. The van der Waals surface area contributed by atoms with E-state index in [1.54, 1.807) is 30.7 Å². The molecule has 0 atom stereocenters. The Morgan fingerprint density at radius 2 is 1.84 bits per heavy atom. The maximum Gasteiger partial charge on any atom is 0.270 e. The van der Waals surface area contributed by atoms with Crippen LogP contribution in [0.25, 0.3) is 16.9 Å². The van der Waals surface area contributed by atoms with Gasteiger partial charge in [0.25, 0.3) is 11.6 Å². The zero-order valence-corrected chi connectivity index (χ0v) is 17.1. The summed E-state index contributed by atoms with van der Waals surface area (Å²) in [5, 5.41) is 14.1. The molecule has 1 aliphatic rings. The zero-order chi connectivity index (χ0) is 22.1. The van der Waals surface area contributed by atoms with Crippen LogP contribution in [0.1, 0.15) is 23.2 Å². The summed E-state index contributed by atoms with van der Waals surface area (Å²) in [5.41, 5.74) is 3.18. The van der Waals surface area contributed by atoms with Crippen molar-refractivity contribution in [1.82, 2.24) is 14.5 Å². The lowest BCUT2D eigenvalue weighted by Crippen LogP contribution is -2.23. The maximum absolute atomic E-state index is 13.1. The molecule has 1 fully saturated rings. The second-order valence-corrected chi connectivity index (χ2v) is 7.62. The topological polar surface area (TPSA) is 106 Å². The van der Waals surface area contributed by atoms with Crippen LogP contribution in [0.3, 0.4) is 0 Å². The number of fused-ring (bicyclic) bond motifs is 1. The van der Waals surface area contributed by atoms with Crippen LogP contribution in [0.5, 0.6) is 0 Å². The monoisotopic (exact) mass is 428 g/mol. The predicted octanol–water partition coefficient (Wildman–Crippen LogP) is 4.18. The van der Waals surface area contributed by atoms with Gasteiger partial charge in [-0.1, -0.05) is 12.1 Å². The Balaban J connectivity index is 1.41. The number of carbonyl (C=O) groups excluding carboxylic acids is 1. The van der Waals surface area contributed by atoms with Crippen molar-refractivity contribution in [1.29, 1.82) is 0 Å². The van der Waals surface area contributed by atoms with E-state index in [-0.39, 0.29) is 11.3 Å². The SMILES string of the molecule is O=C(Nc1ccc(-n2cnc3ccccc32)nc1)c1cc([N+](=O)[O-])ccc1N1CCCC1. The quantitative estimate of drug-likeness (QED) is 0.378. The molecule has 0 spiro atoms. The van der Waals surface area contributed by atoms with Gasteiger partial charge in [0, 0.05) is 25.2 Å². The standard InChI is InChI=1S/C23H20N6O3/c30-23(18-13-17(29(31)32)8-9-20(18)27-11-3-4-12-27)26-16-7-10-22(24-14-16)28-15-25-19-5-1-2-6-21(19)28/h1-2,5-10,13-15H,3-4,11-12H2,(H,26,30). The molecule has 32 heavy (non-hydrogen) atoms. The van der Waals surface area contributed by atoms with Crippen molar-refractivity contribution in [2.75, 3.05) is 23.3 Å². The van der Waals surface area contributed by atoms with Gasteiger partial charge in [0.2, 0.25) is 0 Å². The fraction of sp³-hybridized carbons (Fsp3) is 0.174. The van der Waals surface area contributed by atoms with E-state index in [1.807, 2.05) is 28.8 Å². The first kappa shape index (κ1) is 19.7. The van der Waals surface area contributed by atoms with Crippen LogP contribution in [0.2, 0.25) is 0 Å². The number of hydrogen-bond acceptors (Lipinski definition) is 6. The van der Waals surface area contributed by atoms with Gasteiger partial charge in [0.15, 0.2) is 0 Å². The average molecular weight is 428 g/mol. The molecule has 0 radical (unpaired) electrons. The molecule has 2 aromatic carbocycles. The minimum Gasteiger partial charge on any atom is -0.371 e. The molecule has 0 bridgehead atoms. The van der Waals surface area contributed by atoms with Gasteiger partial charge in [0.05, 0.1) is 39.1 Å². The highest BCUT2D eigenvalue weighted by atomic mass is 16.6. The maximum atomic E-state index is 13.1. The molecule has 3 heterocycles. The van der Waals surface area contributed by atoms with Crippen molar-refractivity contribution in [3.8, 4) is 5.82 Å². The van der Waals surface area contributed by atoms with Gasteiger partial charge in [-0.3, -0.25) is 19.5 Å². The number of imidazole rings is 1. The first-order valence-electron chi connectivity index (χ1n) is 10.3. The molecule has 2 aromatic heterocycles. The molecule has 0 aliphatic carbocycles. The highest BCUT2D eigenvalue weighted by molar-refractivity contribution is 6.08. The number of nitro groups is 1. The fourth-order valence-corrected chi connectivity index (χ4v) is 4.00. The Labute approximate surface area is 183 Å². The van der Waals surface area contributed by atoms with Crippen LogP contribution < -0.4 is 10.2 Å². The normalized spacial score (nSPS) is 13.4. The number of anilines is 2. The number of hydrogen-bond donors (Lipinski definition) is 1. The van der Waals surface area contributed by atoms with Crippen LogP contribution >= 0.6 is 0 Å². The summed E-state index contributed by atoms with van der Waals surface area (Å²) >= 11 is 0. The lowest BCUT2D eigenvalue weighted by atomic mass is 10.1. The van der Waals surface area contributed by atoms with Crippen LogP contribution in [0.4, 0.5) is 17.1 Å². The molecule has 160 valence electrons. The van der Waals surface area contributed by atoms with E-state index >= 15 is 0 Å². The van der Waals surface area contributed by atoms with Crippen LogP contribution in [0.15, 0.2) is 67.1 Å². The molecule has 0 unspecified atom stereocenters. The Hall–Kier alpha value is -4.27. The van der Waals surface area contributed by atoms with Crippen molar-refractivity contribution in [2.45, 2.75) is 12.8 Å². The van der Waals surface area contributed by atoms with E-state index in [1.165, 1.54) is 12.1 Å². The minimum atomic E-state index is -0.490. The first-order valence-corrected chi connectivity index (χ1v) is 10.3. The minimum absolute atomic E-state index is 0.112. The third kappa shape index (κ3) is 3.64. The number of nitrogens with one attached hydrogen (secondary N) is 1. The van der Waals surface area contributed by atoms with Crippen molar-refractivity contribution in [3.05, 3.63) is 82.8 Å². The largest absolute Gasteiger partial charge is 0.371 e. The number of amides is 1. The fourth-order valence-electron chi connectivity index (χ4n) is 4.00. The molecule has 1 saturated heterocycles. The molecule has 0 saturated carbocycles. The third-order valence-corrected chi connectivity index (χ3v) is 5.59. The Bertz CT molecular complexity index is 1310. The Morgan fingerprint density at radius 1 is 1.03 bits per heavy atom. The number of rotatable bonds is 5. The van der Waals surface area contributed by atoms with E-state index in [2.05, 4.69) is 20.2 Å². The number of aromatic nitrogens is 3. The molecule has 9 heteroatoms. The van der Waals surface area contributed by atoms with Gasteiger partial charge in [-0.05, 0) is 43.2 Å². The van der Waals surface area contributed by atoms with Crippen LogP contribution in [-0.4, -0.2) is 38.5 Å². The first-order chi connectivity index (χ1) is 15.6. The number of carbonyl (C=O) groups is 1. The lowest BCUT2D eigenvalue weighted by molar-refractivity contribution is -0.384. The third-order valence-electron chi connectivity index (χ3n) is 5.59. The molecule has 1 aliphatic heterocycles. The molecule has 1 N–H and O–H groups in total. The smallest absolute Gasteiger partial charge is 0.270 e. The van der Waals surface area contributed by atoms with Crippen molar-refractivity contribution < 1.29 is 9.72 Å². The second kappa shape index (κ2) is 8.10. The molecule has 9 nitrogen and oxygen atoms in total. The summed E-state index contributed by atoms with van der Waals surface area (Å²) in [5.74, 6) is 0.267. The van der Waals surface area contributed by atoms with E-state index in [0.29, 0.717) is 17.2 Å². The van der Waals surface area contributed by atoms with Gasteiger partial charge >= 0.3 is 0 Å². The lowest BCUT2D eigenvalue weighted by Gasteiger charge is -2.20. The van der Waals surface area contributed by atoms with Crippen molar-refractivity contribution >= 4 is 34.0 Å². The summed E-state index contributed by atoms with van der Waals surface area (Å²) in [6.07, 6.45) is 5.34. The predicted molar refractivity (Wildman–Crippen MR) is 121 cm³/mol. The summed E-state index contributed by atoms with van der Waals surface area (Å²) in [6, 6.07) is 15.7. The Morgan fingerprint density at radius 3 is 2.59 bits per heavy atom. The van der Waals surface area contributed by atoms with Crippen LogP contribution in [-0.2, 0) is 0 Å². The number of non-ortho nitro benzene ring substituents is 1. The molecular weight excluding hydrogens is 408 g/mol. The summed E-state index contributed by atoms with van der Waals surface area (Å²) in [4.78, 5) is 34.7. The van der Waals surface area contributed by atoms with Crippen molar-refractivity contribution in [3.63, 3.8) is 0 Å². The van der Waals surface area contributed by atoms with Crippen LogP contribution in [0, 0.1) is 10.1 Å².